The number of carbonyl (C=O) groups excluding carboxylic acids is 2. The quantitative estimate of drug-likeness (QED) is 0.706. The number of carbonyl (C=O) groups is 2. The van der Waals surface area contributed by atoms with Gasteiger partial charge in [-0.2, -0.15) is 0 Å². The van der Waals surface area contributed by atoms with Crippen LogP contribution in [0.25, 0.3) is 0 Å². The molecule has 23 heavy (non-hydrogen) atoms. The second kappa shape index (κ2) is 5.05. The summed E-state index contributed by atoms with van der Waals surface area (Å²) < 4.78 is 10.7. The van der Waals surface area contributed by atoms with Crippen molar-refractivity contribution in [3.05, 3.63) is 11.1 Å². The van der Waals surface area contributed by atoms with Gasteiger partial charge in [-0.05, 0) is 25.2 Å². The molecule has 0 aromatic heterocycles. The van der Waals surface area contributed by atoms with Crippen LogP contribution in [0.5, 0.6) is 0 Å². The molecule has 128 valence electrons. The van der Waals surface area contributed by atoms with Gasteiger partial charge in [0.15, 0.2) is 0 Å². The van der Waals surface area contributed by atoms with Crippen molar-refractivity contribution in [1.82, 2.24) is 0 Å². The highest BCUT2D eigenvalue weighted by molar-refractivity contribution is 5.92. The van der Waals surface area contributed by atoms with Crippen LogP contribution in [0.2, 0.25) is 0 Å². The van der Waals surface area contributed by atoms with E-state index in [2.05, 4.69) is 0 Å². The second-order valence-corrected chi connectivity index (χ2v) is 7.53. The van der Waals surface area contributed by atoms with Crippen LogP contribution in [-0.2, 0) is 19.1 Å². The summed E-state index contributed by atoms with van der Waals surface area (Å²) in [5, 5.41) is 21.2. The number of aliphatic hydroxyl groups is 2. The Bertz CT molecular complexity index is 596. The standard InChI is InChI=1S/C17H24O6/c1-8-11-5-12-9(2)15(20)23-17(12,21)7-16(11,4)14(6-13(8)19)22-10(3)18/h8,11,13-14,19,21H,5-7H2,1-4H3. The molecule has 1 aliphatic heterocycles. The second-order valence-electron chi connectivity index (χ2n) is 7.53. The van der Waals surface area contributed by atoms with Gasteiger partial charge < -0.3 is 19.7 Å². The summed E-state index contributed by atoms with van der Waals surface area (Å²) >= 11 is 0. The molecule has 0 aromatic carbocycles. The van der Waals surface area contributed by atoms with Gasteiger partial charge >= 0.3 is 11.9 Å². The Balaban J connectivity index is 2.03. The Morgan fingerprint density at radius 2 is 2.09 bits per heavy atom. The predicted molar refractivity (Wildman–Crippen MR) is 79.9 cm³/mol. The number of esters is 2. The zero-order valence-corrected chi connectivity index (χ0v) is 14.0. The molecule has 0 amide bonds. The van der Waals surface area contributed by atoms with E-state index in [4.69, 9.17) is 9.47 Å². The largest absolute Gasteiger partial charge is 0.462 e. The van der Waals surface area contributed by atoms with Crippen molar-refractivity contribution in [3.8, 4) is 0 Å². The Morgan fingerprint density at radius 3 is 2.70 bits per heavy atom. The lowest BCUT2D eigenvalue weighted by molar-refractivity contribution is -0.235. The molecule has 0 radical (unpaired) electrons. The third-order valence-electron chi connectivity index (χ3n) is 6.12. The number of ether oxygens (including phenoxy) is 2. The average Bonchev–Trinajstić information content (AvgIpc) is 2.63. The summed E-state index contributed by atoms with van der Waals surface area (Å²) in [5.41, 5.74) is 0.492. The number of aliphatic hydroxyl groups excluding tert-OH is 1. The van der Waals surface area contributed by atoms with Crippen LogP contribution in [-0.4, -0.2) is 40.1 Å². The fourth-order valence-corrected chi connectivity index (χ4v) is 4.76. The zero-order valence-electron chi connectivity index (χ0n) is 14.0. The number of hydrogen-bond acceptors (Lipinski definition) is 6. The summed E-state index contributed by atoms with van der Waals surface area (Å²) in [6.07, 6.45) is -0.127. The number of hydrogen-bond donors (Lipinski definition) is 2. The lowest BCUT2D eigenvalue weighted by Crippen LogP contribution is -2.59. The molecule has 0 spiro atoms. The summed E-state index contributed by atoms with van der Waals surface area (Å²) in [6.45, 7) is 6.91. The number of fused-ring (bicyclic) bond motifs is 2. The van der Waals surface area contributed by atoms with E-state index in [1.165, 1.54) is 6.92 Å². The van der Waals surface area contributed by atoms with Gasteiger partial charge in [-0.1, -0.05) is 13.8 Å². The van der Waals surface area contributed by atoms with Crippen molar-refractivity contribution >= 4 is 11.9 Å². The first-order chi connectivity index (χ1) is 10.6. The topological polar surface area (TPSA) is 93.1 Å². The van der Waals surface area contributed by atoms with Crippen LogP contribution in [0.1, 0.15) is 47.0 Å². The lowest BCUT2D eigenvalue weighted by atomic mass is 9.52. The smallest absolute Gasteiger partial charge is 0.336 e. The Morgan fingerprint density at radius 1 is 1.43 bits per heavy atom. The lowest BCUT2D eigenvalue weighted by Gasteiger charge is -2.56. The molecule has 0 aromatic rings. The van der Waals surface area contributed by atoms with Gasteiger partial charge in [0.25, 0.3) is 0 Å². The van der Waals surface area contributed by atoms with Gasteiger partial charge in [0, 0.05) is 36.3 Å². The van der Waals surface area contributed by atoms with Crippen molar-refractivity contribution < 1.29 is 29.3 Å². The van der Waals surface area contributed by atoms with Gasteiger partial charge in [-0.25, -0.2) is 4.79 Å². The summed E-state index contributed by atoms with van der Waals surface area (Å²) in [5.74, 6) is -2.55. The molecular weight excluding hydrogens is 300 g/mol. The van der Waals surface area contributed by atoms with Crippen molar-refractivity contribution in [1.29, 1.82) is 0 Å². The monoisotopic (exact) mass is 324 g/mol. The molecule has 2 aliphatic carbocycles. The van der Waals surface area contributed by atoms with Gasteiger partial charge in [0.2, 0.25) is 5.79 Å². The van der Waals surface area contributed by atoms with E-state index in [9.17, 15) is 19.8 Å². The van der Waals surface area contributed by atoms with Crippen molar-refractivity contribution in [2.75, 3.05) is 0 Å². The fourth-order valence-electron chi connectivity index (χ4n) is 4.76. The molecule has 6 heteroatoms. The fraction of sp³-hybridized carbons (Fsp3) is 0.765. The zero-order chi connectivity index (χ0) is 17.2. The summed E-state index contributed by atoms with van der Waals surface area (Å²) in [7, 11) is 0. The normalized spacial score (nSPS) is 46.1. The molecule has 2 fully saturated rings. The first-order valence-electron chi connectivity index (χ1n) is 8.09. The summed E-state index contributed by atoms with van der Waals surface area (Å²) in [6, 6.07) is 0. The molecule has 1 heterocycles. The Labute approximate surface area is 135 Å². The van der Waals surface area contributed by atoms with E-state index in [1.807, 2.05) is 13.8 Å². The third-order valence-corrected chi connectivity index (χ3v) is 6.12. The van der Waals surface area contributed by atoms with E-state index in [1.54, 1.807) is 6.92 Å². The molecule has 0 saturated heterocycles. The maximum absolute atomic E-state index is 11.9. The van der Waals surface area contributed by atoms with E-state index in [0.29, 0.717) is 24.0 Å². The first-order valence-corrected chi connectivity index (χ1v) is 8.09. The van der Waals surface area contributed by atoms with Crippen molar-refractivity contribution in [3.63, 3.8) is 0 Å². The van der Waals surface area contributed by atoms with Crippen molar-refractivity contribution in [2.45, 2.75) is 65.0 Å². The highest BCUT2D eigenvalue weighted by Gasteiger charge is 2.62. The molecule has 0 bridgehead atoms. The van der Waals surface area contributed by atoms with E-state index in [-0.39, 0.29) is 18.3 Å². The van der Waals surface area contributed by atoms with Crippen LogP contribution in [0, 0.1) is 17.3 Å². The highest BCUT2D eigenvalue weighted by atomic mass is 16.7. The Hall–Kier alpha value is -1.40. The number of rotatable bonds is 1. The van der Waals surface area contributed by atoms with Gasteiger partial charge in [-0.15, -0.1) is 0 Å². The van der Waals surface area contributed by atoms with E-state index in [0.717, 1.165) is 0 Å². The molecule has 6 nitrogen and oxygen atoms in total. The van der Waals surface area contributed by atoms with Crippen molar-refractivity contribution in [2.24, 2.45) is 17.3 Å². The maximum Gasteiger partial charge on any atom is 0.336 e. The van der Waals surface area contributed by atoms with E-state index >= 15 is 0 Å². The molecule has 6 unspecified atom stereocenters. The molecule has 2 N–H and O–H groups in total. The van der Waals surface area contributed by atoms with Gasteiger partial charge in [0.05, 0.1) is 6.10 Å². The highest BCUT2D eigenvalue weighted by Crippen LogP contribution is 2.59. The molecule has 3 rings (SSSR count). The minimum Gasteiger partial charge on any atom is -0.462 e. The molecule has 2 saturated carbocycles. The van der Waals surface area contributed by atoms with Crippen LogP contribution in [0.4, 0.5) is 0 Å². The van der Waals surface area contributed by atoms with Crippen LogP contribution in [0.3, 0.4) is 0 Å². The summed E-state index contributed by atoms with van der Waals surface area (Å²) in [4.78, 5) is 23.4. The maximum atomic E-state index is 11.9. The SMILES string of the molecule is CC(=O)OC1CC(O)C(C)C2CC3=C(C)C(=O)OC3(O)CC12C. The minimum absolute atomic E-state index is 0.00433. The molecule has 3 aliphatic rings. The van der Waals surface area contributed by atoms with Crippen LogP contribution < -0.4 is 0 Å². The Kier molecular flexibility index (Phi) is 3.61. The van der Waals surface area contributed by atoms with Gasteiger partial charge in [0.1, 0.15) is 6.10 Å². The van der Waals surface area contributed by atoms with Gasteiger partial charge in [-0.3, -0.25) is 4.79 Å². The minimum atomic E-state index is -1.62. The molecule has 6 atom stereocenters. The van der Waals surface area contributed by atoms with Crippen LogP contribution in [0.15, 0.2) is 11.1 Å². The van der Waals surface area contributed by atoms with E-state index < -0.39 is 35.3 Å². The first kappa shape index (κ1) is 16.5. The third kappa shape index (κ3) is 2.31. The average molecular weight is 324 g/mol. The predicted octanol–water partition coefficient (Wildman–Crippen LogP) is 1.30. The van der Waals surface area contributed by atoms with Crippen LogP contribution >= 0.6 is 0 Å². The molecular formula is C17H24O6.